The molecule has 1 rings (SSSR count). The minimum absolute atomic E-state index is 0.531. The fraction of sp³-hybridized carbons (Fsp3) is 0.429. The van der Waals surface area contributed by atoms with Gasteiger partial charge in [0.2, 0.25) is 0 Å². The van der Waals surface area contributed by atoms with Crippen molar-refractivity contribution in [3.8, 4) is 11.5 Å². The molecule has 0 amide bonds. The lowest BCUT2D eigenvalue weighted by atomic mass is 10.1. The van der Waals surface area contributed by atoms with Crippen molar-refractivity contribution in [2.24, 2.45) is 0 Å². The summed E-state index contributed by atoms with van der Waals surface area (Å²) in [6.45, 7) is 8.45. The van der Waals surface area contributed by atoms with Gasteiger partial charge >= 0.3 is 0 Å². The van der Waals surface area contributed by atoms with Crippen molar-refractivity contribution in [1.29, 1.82) is 0 Å². The first-order valence-corrected chi connectivity index (χ1v) is 5.61. The number of rotatable bonds is 6. The number of ether oxygens (including phenoxy) is 2. The number of hydrogen-bond acceptors (Lipinski definition) is 2. The largest absolute Gasteiger partial charge is 0.493 e. The Hall–Kier alpha value is -1.44. The normalized spacial score (nSPS) is 9.94. The Balaban J connectivity index is 2.80. The summed E-state index contributed by atoms with van der Waals surface area (Å²) in [5, 5.41) is 0. The number of benzene rings is 1. The molecule has 1 aromatic rings. The Morgan fingerprint density at radius 3 is 2.62 bits per heavy atom. The van der Waals surface area contributed by atoms with E-state index in [0.717, 1.165) is 29.9 Å². The molecule has 0 aliphatic rings. The fourth-order valence-corrected chi connectivity index (χ4v) is 1.48. The van der Waals surface area contributed by atoms with Gasteiger partial charge in [-0.25, -0.2) is 0 Å². The van der Waals surface area contributed by atoms with Crippen molar-refractivity contribution in [2.45, 2.75) is 26.7 Å². The average molecular weight is 220 g/mol. The van der Waals surface area contributed by atoms with Crippen molar-refractivity contribution in [2.75, 3.05) is 13.7 Å². The van der Waals surface area contributed by atoms with Gasteiger partial charge in [0.05, 0.1) is 7.11 Å². The van der Waals surface area contributed by atoms with E-state index in [1.54, 1.807) is 7.11 Å². The Kier molecular flexibility index (Phi) is 4.90. The summed E-state index contributed by atoms with van der Waals surface area (Å²) in [6.07, 6.45) is 2.20. The van der Waals surface area contributed by atoms with Crippen LogP contribution in [0.5, 0.6) is 11.5 Å². The van der Waals surface area contributed by atoms with Crippen molar-refractivity contribution in [3.05, 3.63) is 35.9 Å². The Bertz CT molecular complexity index is 356. The van der Waals surface area contributed by atoms with Crippen molar-refractivity contribution in [1.82, 2.24) is 0 Å². The van der Waals surface area contributed by atoms with E-state index in [0.29, 0.717) is 6.61 Å². The molecule has 0 atom stereocenters. The van der Waals surface area contributed by atoms with E-state index in [2.05, 4.69) is 19.6 Å². The van der Waals surface area contributed by atoms with Crippen molar-refractivity contribution >= 4 is 0 Å². The summed E-state index contributed by atoms with van der Waals surface area (Å²) >= 11 is 0. The highest BCUT2D eigenvalue weighted by Crippen LogP contribution is 2.28. The first-order valence-electron chi connectivity index (χ1n) is 5.61. The molecule has 88 valence electrons. The van der Waals surface area contributed by atoms with E-state index in [1.165, 1.54) is 5.56 Å². The molecule has 0 saturated carbocycles. The molecule has 0 aliphatic carbocycles. The monoisotopic (exact) mass is 220 g/mol. The van der Waals surface area contributed by atoms with E-state index >= 15 is 0 Å². The Morgan fingerprint density at radius 2 is 2.06 bits per heavy atom. The van der Waals surface area contributed by atoms with Crippen LogP contribution in [-0.2, 0) is 6.42 Å². The van der Waals surface area contributed by atoms with Crippen LogP contribution in [0.25, 0.3) is 0 Å². The van der Waals surface area contributed by atoms with Crippen LogP contribution in [0.3, 0.4) is 0 Å². The predicted molar refractivity (Wildman–Crippen MR) is 67.3 cm³/mol. The van der Waals surface area contributed by atoms with Gasteiger partial charge in [0.1, 0.15) is 6.61 Å². The molecule has 0 fully saturated rings. The molecule has 16 heavy (non-hydrogen) atoms. The second-order valence-corrected chi connectivity index (χ2v) is 3.98. The first-order chi connectivity index (χ1) is 7.67. The number of aryl methyl sites for hydroxylation is 1. The Morgan fingerprint density at radius 1 is 1.31 bits per heavy atom. The highest BCUT2D eigenvalue weighted by molar-refractivity contribution is 5.43. The molecule has 0 radical (unpaired) electrons. The summed E-state index contributed by atoms with van der Waals surface area (Å²) in [6, 6.07) is 6.09. The maximum atomic E-state index is 5.60. The molecule has 1 aromatic carbocycles. The molecule has 2 heteroatoms. The second-order valence-electron chi connectivity index (χ2n) is 3.98. The van der Waals surface area contributed by atoms with Gasteiger partial charge in [-0.1, -0.05) is 26.0 Å². The second kappa shape index (κ2) is 6.21. The van der Waals surface area contributed by atoms with Crippen LogP contribution in [0.1, 0.15) is 25.8 Å². The van der Waals surface area contributed by atoms with Crippen LogP contribution in [0, 0.1) is 0 Å². The van der Waals surface area contributed by atoms with Crippen LogP contribution in [0.2, 0.25) is 0 Å². The molecule has 0 aromatic heterocycles. The standard InChI is InChI=1S/C14H20O2/c1-5-6-12-7-8-13(14(9-12)15-4)16-10-11(2)3/h7-9H,2,5-6,10H2,1,3-4H3. The van der Waals surface area contributed by atoms with Crippen molar-refractivity contribution < 1.29 is 9.47 Å². The minimum atomic E-state index is 0.531. The fourth-order valence-electron chi connectivity index (χ4n) is 1.48. The summed E-state index contributed by atoms with van der Waals surface area (Å²) in [5.41, 5.74) is 2.28. The zero-order valence-corrected chi connectivity index (χ0v) is 10.4. The van der Waals surface area contributed by atoms with Crippen molar-refractivity contribution in [3.63, 3.8) is 0 Å². The zero-order valence-electron chi connectivity index (χ0n) is 10.4. The molecule has 0 spiro atoms. The van der Waals surface area contributed by atoms with E-state index in [-0.39, 0.29) is 0 Å². The SMILES string of the molecule is C=C(C)COc1ccc(CCC)cc1OC. The highest BCUT2D eigenvalue weighted by atomic mass is 16.5. The van der Waals surface area contributed by atoms with Gasteiger partial charge in [-0.3, -0.25) is 0 Å². The number of hydrogen-bond donors (Lipinski definition) is 0. The summed E-state index contributed by atoms with van der Waals surface area (Å²) < 4.78 is 10.9. The quantitative estimate of drug-likeness (QED) is 0.682. The lowest BCUT2D eigenvalue weighted by Crippen LogP contribution is -2.00. The third kappa shape index (κ3) is 3.61. The molecule has 0 bridgehead atoms. The molecule has 2 nitrogen and oxygen atoms in total. The van der Waals surface area contributed by atoms with Gasteiger partial charge in [0.15, 0.2) is 11.5 Å². The van der Waals surface area contributed by atoms with E-state index in [1.807, 2.05) is 19.1 Å². The topological polar surface area (TPSA) is 18.5 Å². The zero-order chi connectivity index (χ0) is 12.0. The van der Waals surface area contributed by atoms with E-state index in [9.17, 15) is 0 Å². The third-order valence-corrected chi connectivity index (χ3v) is 2.24. The lowest BCUT2D eigenvalue weighted by molar-refractivity contribution is 0.319. The van der Waals surface area contributed by atoms with Crippen LogP contribution >= 0.6 is 0 Å². The van der Waals surface area contributed by atoms with Gasteiger partial charge in [0.25, 0.3) is 0 Å². The smallest absolute Gasteiger partial charge is 0.161 e. The maximum absolute atomic E-state index is 5.60. The van der Waals surface area contributed by atoms with Crippen LogP contribution in [0.4, 0.5) is 0 Å². The highest BCUT2D eigenvalue weighted by Gasteiger charge is 2.05. The predicted octanol–water partition coefficient (Wildman–Crippen LogP) is 3.60. The molecular weight excluding hydrogens is 200 g/mol. The average Bonchev–Trinajstić information content (AvgIpc) is 2.27. The van der Waals surface area contributed by atoms with Crippen LogP contribution in [0.15, 0.2) is 30.4 Å². The van der Waals surface area contributed by atoms with Gasteiger partial charge in [-0.2, -0.15) is 0 Å². The minimum Gasteiger partial charge on any atom is -0.493 e. The summed E-state index contributed by atoms with van der Waals surface area (Å²) in [5.74, 6) is 1.58. The maximum Gasteiger partial charge on any atom is 0.161 e. The molecule has 0 saturated heterocycles. The van der Waals surface area contributed by atoms with Crippen LogP contribution in [-0.4, -0.2) is 13.7 Å². The van der Waals surface area contributed by atoms with Crippen LogP contribution < -0.4 is 9.47 Å². The molecule has 0 heterocycles. The molecule has 0 N–H and O–H groups in total. The van der Waals surface area contributed by atoms with Gasteiger partial charge in [-0.15, -0.1) is 0 Å². The summed E-state index contributed by atoms with van der Waals surface area (Å²) in [4.78, 5) is 0. The van der Waals surface area contributed by atoms with Gasteiger partial charge in [0, 0.05) is 0 Å². The third-order valence-electron chi connectivity index (χ3n) is 2.24. The van der Waals surface area contributed by atoms with E-state index in [4.69, 9.17) is 9.47 Å². The van der Waals surface area contributed by atoms with Gasteiger partial charge in [-0.05, 0) is 36.6 Å². The van der Waals surface area contributed by atoms with E-state index < -0.39 is 0 Å². The lowest BCUT2D eigenvalue weighted by Gasteiger charge is -2.11. The molecular formula is C14H20O2. The molecule has 0 unspecified atom stereocenters. The number of methoxy groups -OCH3 is 1. The summed E-state index contributed by atoms with van der Waals surface area (Å²) in [7, 11) is 1.67. The Labute approximate surface area is 97.9 Å². The van der Waals surface area contributed by atoms with Gasteiger partial charge < -0.3 is 9.47 Å². The molecule has 0 aliphatic heterocycles. The first kappa shape index (κ1) is 12.6.